The molecule has 0 bridgehead atoms. The van der Waals surface area contributed by atoms with E-state index in [9.17, 15) is 4.79 Å². The lowest BCUT2D eigenvalue weighted by molar-refractivity contribution is -0.0398. The predicted molar refractivity (Wildman–Crippen MR) is 117 cm³/mol. The van der Waals surface area contributed by atoms with Gasteiger partial charge in [-0.05, 0) is 79.9 Å². The van der Waals surface area contributed by atoms with E-state index in [-0.39, 0.29) is 23.1 Å². The van der Waals surface area contributed by atoms with E-state index < -0.39 is 0 Å². The molecule has 1 aromatic heterocycles. The van der Waals surface area contributed by atoms with Crippen molar-refractivity contribution in [2.45, 2.75) is 64.0 Å². The Bertz CT molecular complexity index is 899. The second kappa shape index (κ2) is 8.66. The first-order chi connectivity index (χ1) is 14.0. The zero-order valence-corrected chi connectivity index (χ0v) is 17.8. The van der Waals surface area contributed by atoms with E-state index in [1.54, 1.807) is 12.3 Å². The van der Waals surface area contributed by atoms with Crippen LogP contribution in [-0.4, -0.2) is 30.3 Å². The van der Waals surface area contributed by atoms with E-state index in [1.165, 1.54) is 0 Å². The number of aromatic amines is 1. The van der Waals surface area contributed by atoms with Gasteiger partial charge in [0, 0.05) is 30.8 Å². The topological polar surface area (TPSA) is 77.3 Å². The maximum absolute atomic E-state index is 12.0. The Morgan fingerprint density at radius 1 is 1.28 bits per heavy atom. The summed E-state index contributed by atoms with van der Waals surface area (Å²) < 4.78 is 11.9. The highest BCUT2D eigenvalue weighted by Gasteiger charge is 2.46. The minimum absolute atomic E-state index is 0.129. The zero-order chi connectivity index (χ0) is 20.4. The number of nitrogens with two attached hydrogens (primary N) is 1. The van der Waals surface area contributed by atoms with Crippen LogP contribution in [0.1, 0.15) is 51.9 Å². The van der Waals surface area contributed by atoms with Crippen molar-refractivity contribution in [3.63, 3.8) is 0 Å². The Morgan fingerprint density at radius 3 is 2.69 bits per heavy atom. The highest BCUT2D eigenvalue weighted by Crippen LogP contribution is 2.49. The van der Waals surface area contributed by atoms with Gasteiger partial charge in [-0.25, -0.2) is 0 Å². The van der Waals surface area contributed by atoms with Crippen molar-refractivity contribution in [1.29, 1.82) is 0 Å². The first-order valence-electron chi connectivity index (χ1n) is 10.8. The van der Waals surface area contributed by atoms with Gasteiger partial charge in [-0.2, -0.15) is 0 Å². The summed E-state index contributed by atoms with van der Waals surface area (Å²) in [6.45, 7) is 3.91. The average molecular weight is 419 g/mol. The van der Waals surface area contributed by atoms with Crippen LogP contribution in [-0.2, 0) is 4.74 Å². The van der Waals surface area contributed by atoms with Gasteiger partial charge < -0.3 is 20.2 Å². The quantitative estimate of drug-likeness (QED) is 0.740. The number of benzene rings is 1. The van der Waals surface area contributed by atoms with Gasteiger partial charge in [-0.3, -0.25) is 4.79 Å². The van der Waals surface area contributed by atoms with E-state index in [0.29, 0.717) is 22.1 Å². The van der Waals surface area contributed by atoms with Crippen molar-refractivity contribution in [3.8, 4) is 5.75 Å². The van der Waals surface area contributed by atoms with Crippen molar-refractivity contribution < 1.29 is 9.47 Å². The highest BCUT2D eigenvalue weighted by molar-refractivity contribution is 6.32. The maximum Gasteiger partial charge on any atom is 0.255 e. The van der Waals surface area contributed by atoms with Crippen molar-refractivity contribution in [2.24, 2.45) is 17.1 Å². The summed E-state index contributed by atoms with van der Waals surface area (Å²) in [5.41, 5.74) is 6.73. The number of rotatable bonds is 5. The number of nitrogens with one attached hydrogen (secondary N) is 1. The monoisotopic (exact) mass is 418 g/mol. The summed E-state index contributed by atoms with van der Waals surface area (Å²) in [6.07, 6.45) is 9.15. The Morgan fingerprint density at radius 2 is 2.00 bits per heavy atom. The van der Waals surface area contributed by atoms with Gasteiger partial charge in [0.1, 0.15) is 5.75 Å². The SMILES string of the molecule is CC[C@@H](N)C1(C2CCOCC2)CCC(Oc2cc3cc[nH]c(=O)c3cc2Cl)CC1. The fraction of sp³-hybridized carbons (Fsp3) is 0.609. The number of H-pyrrole nitrogens is 1. The standard InChI is InChI=1S/C23H31ClN2O3/c1-2-21(25)23(16-6-11-28-12-7-16)8-3-17(4-9-23)29-20-13-15-5-10-26-22(27)18(15)14-19(20)24/h5,10,13-14,16-17,21H,2-4,6-9,11-12,25H2,1H3,(H,26,27)/t17?,21-,23?/m1/s1. The van der Waals surface area contributed by atoms with Crippen LogP contribution in [0.2, 0.25) is 5.02 Å². The Balaban J connectivity index is 1.49. The fourth-order valence-electron chi connectivity index (χ4n) is 5.47. The maximum atomic E-state index is 12.0. The summed E-state index contributed by atoms with van der Waals surface area (Å²) in [4.78, 5) is 14.7. The third-order valence-electron chi connectivity index (χ3n) is 7.20. The molecule has 0 amide bonds. The number of hydrogen-bond donors (Lipinski definition) is 2. The molecule has 1 aliphatic carbocycles. The molecule has 2 heterocycles. The largest absolute Gasteiger partial charge is 0.489 e. The van der Waals surface area contributed by atoms with Crippen molar-refractivity contribution in [1.82, 2.24) is 4.98 Å². The minimum atomic E-state index is -0.136. The normalized spacial score (nSPS) is 27.1. The first-order valence-corrected chi connectivity index (χ1v) is 11.2. The van der Waals surface area contributed by atoms with Crippen LogP contribution in [0.15, 0.2) is 29.2 Å². The molecule has 4 rings (SSSR count). The highest BCUT2D eigenvalue weighted by atomic mass is 35.5. The Kier molecular flexibility index (Phi) is 6.19. The number of hydrogen-bond acceptors (Lipinski definition) is 4. The van der Waals surface area contributed by atoms with Crippen LogP contribution in [0.5, 0.6) is 5.75 Å². The second-order valence-corrected chi connectivity index (χ2v) is 9.04. The minimum Gasteiger partial charge on any atom is -0.489 e. The third kappa shape index (κ3) is 4.05. The number of aromatic nitrogens is 1. The molecular weight excluding hydrogens is 388 g/mol. The van der Waals surface area contributed by atoms with E-state index in [4.69, 9.17) is 26.8 Å². The molecule has 158 valence electrons. The van der Waals surface area contributed by atoms with Crippen LogP contribution in [0, 0.1) is 11.3 Å². The van der Waals surface area contributed by atoms with E-state index in [2.05, 4.69) is 11.9 Å². The summed E-state index contributed by atoms with van der Waals surface area (Å²) in [6, 6.07) is 5.68. The zero-order valence-electron chi connectivity index (χ0n) is 17.1. The molecule has 2 fully saturated rings. The molecular formula is C23H31ClN2O3. The summed E-state index contributed by atoms with van der Waals surface area (Å²) in [5.74, 6) is 1.30. The first kappa shape index (κ1) is 20.7. The van der Waals surface area contributed by atoms with Crippen LogP contribution in [0.4, 0.5) is 0 Å². The van der Waals surface area contributed by atoms with Crippen LogP contribution < -0.4 is 16.0 Å². The number of ether oxygens (including phenoxy) is 2. The molecule has 1 atom stereocenters. The van der Waals surface area contributed by atoms with Gasteiger partial charge in [0.15, 0.2) is 0 Å². The van der Waals surface area contributed by atoms with E-state index >= 15 is 0 Å². The fourth-order valence-corrected chi connectivity index (χ4v) is 5.67. The van der Waals surface area contributed by atoms with Gasteiger partial charge in [0.05, 0.1) is 11.1 Å². The van der Waals surface area contributed by atoms with Gasteiger partial charge in [0.2, 0.25) is 0 Å². The molecule has 1 aliphatic heterocycles. The molecule has 6 heteroatoms. The molecule has 1 aromatic carbocycles. The number of fused-ring (bicyclic) bond motifs is 1. The summed E-state index contributed by atoms with van der Waals surface area (Å²) in [5, 5.41) is 1.91. The van der Waals surface area contributed by atoms with Crippen LogP contribution >= 0.6 is 11.6 Å². The van der Waals surface area contributed by atoms with Gasteiger partial charge in [0.25, 0.3) is 5.56 Å². The van der Waals surface area contributed by atoms with E-state index in [0.717, 1.165) is 63.5 Å². The van der Waals surface area contributed by atoms with Gasteiger partial charge >= 0.3 is 0 Å². The predicted octanol–water partition coefficient (Wildman–Crippen LogP) is 4.65. The van der Waals surface area contributed by atoms with E-state index in [1.807, 2.05) is 12.1 Å². The van der Waals surface area contributed by atoms with Crippen LogP contribution in [0.25, 0.3) is 10.8 Å². The molecule has 0 spiro atoms. The second-order valence-electron chi connectivity index (χ2n) is 8.63. The Labute approximate surface area is 176 Å². The van der Waals surface area contributed by atoms with Gasteiger partial charge in [-0.1, -0.05) is 18.5 Å². The third-order valence-corrected chi connectivity index (χ3v) is 7.49. The lowest BCUT2D eigenvalue weighted by Crippen LogP contribution is -2.51. The molecule has 0 unspecified atom stereocenters. The molecule has 0 radical (unpaired) electrons. The molecule has 2 aliphatic rings. The van der Waals surface area contributed by atoms with Gasteiger partial charge in [-0.15, -0.1) is 0 Å². The summed E-state index contributed by atoms with van der Waals surface area (Å²) >= 11 is 6.43. The molecule has 1 saturated heterocycles. The number of pyridine rings is 1. The molecule has 2 aromatic rings. The van der Waals surface area contributed by atoms with Crippen LogP contribution in [0.3, 0.4) is 0 Å². The molecule has 29 heavy (non-hydrogen) atoms. The van der Waals surface area contributed by atoms with Crippen molar-refractivity contribution in [2.75, 3.05) is 13.2 Å². The molecule has 5 nitrogen and oxygen atoms in total. The number of halogens is 1. The van der Waals surface area contributed by atoms with Crippen molar-refractivity contribution in [3.05, 3.63) is 39.8 Å². The smallest absolute Gasteiger partial charge is 0.255 e. The lowest BCUT2D eigenvalue weighted by Gasteiger charge is -2.50. The lowest BCUT2D eigenvalue weighted by atomic mass is 9.59. The average Bonchev–Trinajstić information content (AvgIpc) is 2.76. The Hall–Kier alpha value is -1.56. The summed E-state index contributed by atoms with van der Waals surface area (Å²) in [7, 11) is 0. The van der Waals surface area contributed by atoms with Crippen molar-refractivity contribution >= 4 is 22.4 Å². The molecule has 3 N–H and O–H groups in total. The molecule has 1 saturated carbocycles.